The van der Waals surface area contributed by atoms with Crippen LogP contribution in [0.15, 0.2) is 48.5 Å². The fourth-order valence-electron chi connectivity index (χ4n) is 3.29. The maximum Gasteiger partial charge on any atom is 0.143 e. The third-order valence-electron chi connectivity index (χ3n) is 4.40. The van der Waals surface area contributed by atoms with Crippen LogP contribution in [0.3, 0.4) is 0 Å². The van der Waals surface area contributed by atoms with Gasteiger partial charge >= 0.3 is 0 Å². The number of para-hydroxylation sites is 2. The Balaban J connectivity index is 2.00. The number of ether oxygens (including phenoxy) is 1. The molecule has 1 aliphatic heterocycles. The molecule has 0 fully saturated rings. The first kappa shape index (κ1) is 16.4. The molecule has 25 heavy (non-hydrogen) atoms. The van der Waals surface area contributed by atoms with Gasteiger partial charge in [-0.05, 0) is 39.0 Å². The van der Waals surface area contributed by atoms with Crippen LogP contribution in [-0.2, 0) is 5.54 Å². The molecule has 0 saturated carbocycles. The lowest BCUT2D eigenvalue weighted by Crippen LogP contribution is -2.30. The highest BCUT2D eigenvalue weighted by Crippen LogP contribution is 2.50. The second-order valence-corrected chi connectivity index (χ2v) is 7.93. The van der Waals surface area contributed by atoms with E-state index in [0.717, 1.165) is 32.9 Å². The lowest BCUT2D eigenvalue weighted by Gasteiger charge is -2.34. The summed E-state index contributed by atoms with van der Waals surface area (Å²) in [6.07, 6.45) is 0. The number of hydrogen-bond donors (Lipinski definition) is 1. The van der Waals surface area contributed by atoms with Crippen LogP contribution in [0.1, 0.15) is 25.6 Å². The Morgan fingerprint density at radius 1 is 1.12 bits per heavy atom. The maximum atomic E-state index is 5.89. The van der Waals surface area contributed by atoms with Gasteiger partial charge < -0.3 is 10.1 Å². The summed E-state index contributed by atoms with van der Waals surface area (Å²) in [5, 5.41) is 3.66. The SMILES string of the molecule is CCOc1cccc2c1NC(C)(C)c1sn(-c3ccccc3)c(=S)c1-2. The molecule has 1 aromatic heterocycles. The van der Waals surface area contributed by atoms with E-state index in [1.807, 2.05) is 37.3 Å². The first-order valence-electron chi connectivity index (χ1n) is 8.39. The molecule has 0 radical (unpaired) electrons. The summed E-state index contributed by atoms with van der Waals surface area (Å²) < 4.78 is 8.85. The Kier molecular flexibility index (Phi) is 3.93. The molecule has 0 aliphatic carbocycles. The predicted molar refractivity (Wildman–Crippen MR) is 108 cm³/mol. The van der Waals surface area contributed by atoms with E-state index in [1.165, 1.54) is 4.88 Å². The second kappa shape index (κ2) is 6.00. The van der Waals surface area contributed by atoms with Crippen LogP contribution in [0.4, 0.5) is 5.69 Å². The number of nitrogens with one attached hydrogen (secondary N) is 1. The molecule has 0 unspecified atom stereocenters. The van der Waals surface area contributed by atoms with E-state index in [-0.39, 0.29) is 5.54 Å². The zero-order valence-electron chi connectivity index (χ0n) is 14.5. The minimum Gasteiger partial charge on any atom is -0.492 e. The van der Waals surface area contributed by atoms with Crippen LogP contribution in [-0.4, -0.2) is 10.6 Å². The monoisotopic (exact) mass is 368 g/mol. The molecule has 2 heterocycles. The van der Waals surface area contributed by atoms with Crippen molar-refractivity contribution < 1.29 is 4.74 Å². The maximum absolute atomic E-state index is 5.89. The van der Waals surface area contributed by atoms with Crippen LogP contribution in [0.5, 0.6) is 5.75 Å². The molecule has 1 N–H and O–H groups in total. The summed E-state index contributed by atoms with van der Waals surface area (Å²) in [5.41, 5.74) is 4.19. The van der Waals surface area contributed by atoms with E-state index in [1.54, 1.807) is 11.5 Å². The molecule has 0 spiro atoms. The Labute approximate surface area is 157 Å². The topological polar surface area (TPSA) is 26.2 Å². The van der Waals surface area contributed by atoms with Gasteiger partial charge in [0.15, 0.2) is 0 Å². The van der Waals surface area contributed by atoms with Gasteiger partial charge in [-0.3, -0.25) is 3.96 Å². The van der Waals surface area contributed by atoms with Gasteiger partial charge in [-0.2, -0.15) is 0 Å². The van der Waals surface area contributed by atoms with Gasteiger partial charge in [-0.1, -0.05) is 54.1 Å². The van der Waals surface area contributed by atoms with Crippen molar-refractivity contribution in [2.45, 2.75) is 26.3 Å². The van der Waals surface area contributed by atoms with Crippen molar-refractivity contribution in [3.8, 4) is 22.6 Å². The van der Waals surface area contributed by atoms with Crippen molar-refractivity contribution in [2.24, 2.45) is 0 Å². The zero-order chi connectivity index (χ0) is 17.6. The van der Waals surface area contributed by atoms with E-state index in [4.69, 9.17) is 17.0 Å². The van der Waals surface area contributed by atoms with Crippen molar-refractivity contribution in [2.75, 3.05) is 11.9 Å². The highest BCUT2D eigenvalue weighted by atomic mass is 32.1. The van der Waals surface area contributed by atoms with Crippen LogP contribution < -0.4 is 10.1 Å². The lowest BCUT2D eigenvalue weighted by molar-refractivity contribution is 0.341. The molecular formula is C20H20N2OS2. The molecular weight excluding hydrogens is 348 g/mol. The van der Waals surface area contributed by atoms with E-state index >= 15 is 0 Å². The zero-order valence-corrected chi connectivity index (χ0v) is 16.1. The minimum atomic E-state index is -0.214. The molecule has 1 aliphatic rings. The van der Waals surface area contributed by atoms with E-state index in [9.17, 15) is 0 Å². The van der Waals surface area contributed by atoms with Crippen LogP contribution in [0, 0.1) is 4.64 Å². The summed E-state index contributed by atoms with van der Waals surface area (Å²) in [4.78, 5) is 1.25. The van der Waals surface area contributed by atoms with Gasteiger partial charge in [0.2, 0.25) is 0 Å². The number of benzene rings is 2. The van der Waals surface area contributed by atoms with Crippen LogP contribution in [0.25, 0.3) is 16.8 Å². The summed E-state index contributed by atoms with van der Waals surface area (Å²) >= 11 is 7.60. The molecule has 5 heteroatoms. The molecule has 3 aromatic rings. The highest BCUT2D eigenvalue weighted by Gasteiger charge is 2.36. The Hall–Kier alpha value is -2.11. The van der Waals surface area contributed by atoms with Crippen LogP contribution in [0.2, 0.25) is 0 Å². The summed E-state index contributed by atoms with van der Waals surface area (Å²) in [5.74, 6) is 0.880. The lowest BCUT2D eigenvalue weighted by atomic mass is 9.89. The number of fused-ring (bicyclic) bond motifs is 3. The number of rotatable bonds is 3. The van der Waals surface area contributed by atoms with Crippen molar-refractivity contribution in [1.29, 1.82) is 0 Å². The fraction of sp³-hybridized carbons (Fsp3) is 0.250. The summed E-state index contributed by atoms with van der Waals surface area (Å²) in [6.45, 7) is 7.03. The smallest absolute Gasteiger partial charge is 0.143 e. The fourth-order valence-corrected chi connectivity index (χ4v) is 4.94. The first-order chi connectivity index (χ1) is 12.0. The summed E-state index contributed by atoms with van der Waals surface area (Å²) in [7, 11) is 0. The normalized spacial score (nSPS) is 14.4. The highest BCUT2D eigenvalue weighted by molar-refractivity contribution is 7.71. The number of nitrogens with zero attached hydrogens (tertiary/aromatic N) is 1. The van der Waals surface area contributed by atoms with Crippen molar-refractivity contribution in [3.05, 3.63) is 58.0 Å². The number of aromatic nitrogens is 1. The van der Waals surface area contributed by atoms with Crippen molar-refractivity contribution >= 4 is 29.4 Å². The third kappa shape index (κ3) is 2.58. The Bertz CT molecular complexity index is 987. The molecule has 0 amide bonds. The van der Waals surface area contributed by atoms with E-state index < -0.39 is 0 Å². The largest absolute Gasteiger partial charge is 0.492 e. The van der Waals surface area contributed by atoms with Gasteiger partial charge in [0.05, 0.1) is 28.4 Å². The van der Waals surface area contributed by atoms with Crippen molar-refractivity contribution in [3.63, 3.8) is 0 Å². The first-order valence-corrected chi connectivity index (χ1v) is 9.57. The average Bonchev–Trinajstić information content (AvgIpc) is 2.96. The molecule has 2 aromatic carbocycles. The Morgan fingerprint density at radius 2 is 1.88 bits per heavy atom. The van der Waals surface area contributed by atoms with Gasteiger partial charge in [0.1, 0.15) is 10.4 Å². The molecule has 0 atom stereocenters. The standard InChI is InChI=1S/C20H20N2OS2/c1-4-23-15-12-8-11-14-16-18(20(2,3)21-17(14)15)25-22(19(16)24)13-9-6-5-7-10-13/h5-12,21H,4H2,1-3H3. The quantitative estimate of drug-likeness (QED) is 0.575. The van der Waals surface area contributed by atoms with E-state index in [0.29, 0.717) is 6.61 Å². The van der Waals surface area contributed by atoms with Gasteiger partial charge in [-0.15, -0.1) is 0 Å². The minimum absolute atomic E-state index is 0.214. The average molecular weight is 369 g/mol. The van der Waals surface area contributed by atoms with Gasteiger partial charge in [0, 0.05) is 11.1 Å². The van der Waals surface area contributed by atoms with Crippen LogP contribution >= 0.6 is 23.8 Å². The molecule has 0 saturated heterocycles. The molecule has 3 nitrogen and oxygen atoms in total. The molecule has 128 valence electrons. The van der Waals surface area contributed by atoms with Gasteiger partial charge in [-0.25, -0.2) is 0 Å². The number of hydrogen-bond acceptors (Lipinski definition) is 4. The van der Waals surface area contributed by atoms with Gasteiger partial charge in [0.25, 0.3) is 0 Å². The van der Waals surface area contributed by atoms with E-state index in [2.05, 4.69) is 41.3 Å². The van der Waals surface area contributed by atoms with Crippen molar-refractivity contribution in [1.82, 2.24) is 3.96 Å². The number of anilines is 1. The Morgan fingerprint density at radius 3 is 2.60 bits per heavy atom. The summed E-state index contributed by atoms with van der Waals surface area (Å²) in [6, 6.07) is 16.5. The third-order valence-corrected chi connectivity index (χ3v) is 6.37. The second-order valence-electron chi connectivity index (χ2n) is 6.59. The molecule has 4 rings (SSSR count). The molecule has 0 bridgehead atoms. The predicted octanol–water partition coefficient (Wildman–Crippen LogP) is 5.99.